The van der Waals surface area contributed by atoms with E-state index in [-0.39, 0.29) is 0 Å². The van der Waals surface area contributed by atoms with Crippen LogP contribution < -0.4 is 15.4 Å². The van der Waals surface area contributed by atoms with E-state index < -0.39 is 0 Å². The van der Waals surface area contributed by atoms with E-state index in [1.54, 1.807) is 7.11 Å². The molecule has 0 amide bonds. The zero-order chi connectivity index (χ0) is 14.5. The van der Waals surface area contributed by atoms with Gasteiger partial charge < -0.3 is 15.4 Å². The van der Waals surface area contributed by atoms with Crippen molar-refractivity contribution >= 4 is 5.69 Å². The zero-order valence-corrected chi connectivity index (χ0v) is 12.4. The van der Waals surface area contributed by atoms with E-state index in [4.69, 9.17) is 10.5 Å². The Kier molecular flexibility index (Phi) is 4.64. The molecule has 20 heavy (non-hydrogen) atoms. The highest BCUT2D eigenvalue weighted by Crippen LogP contribution is 2.26. The molecular weight excluding hydrogens is 248 g/mol. The molecule has 0 radical (unpaired) electrons. The van der Waals surface area contributed by atoms with Crippen LogP contribution in [0.4, 0.5) is 5.69 Å². The van der Waals surface area contributed by atoms with Crippen LogP contribution in [0.15, 0.2) is 42.5 Å². The topological polar surface area (TPSA) is 38.5 Å². The van der Waals surface area contributed by atoms with Gasteiger partial charge in [-0.2, -0.15) is 0 Å². The van der Waals surface area contributed by atoms with E-state index >= 15 is 0 Å². The number of nitrogens with two attached hydrogens (primary N) is 1. The fourth-order valence-electron chi connectivity index (χ4n) is 2.37. The minimum Gasteiger partial charge on any atom is -0.497 e. The second-order valence-corrected chi connectivity index (χ2v) is 5.04. The maximum absolute atomic E-state index is 5.83. The second kappa shape index (κ2) is 6.44. The number of nitrogens with zero attached hydrogens (tertiary/aromatic N) is 1. The van der Waals surface area contributed by atoms with Gasteiger partial charge in [0.15, 0.2) is 0 Å². The molecule has 0 unspecified atom stereocenters. The van der Waals surface area contributed by atoms with Gasteiger partial charge in [-0.25, -0.2) is 0 Å². The Balaban J connectivity index is 2.25. The Hall–Kier alpha value is -2.00. The molecule has 0 heterocycles. The van der Waals surface area contributed by atoms with Gasteiger partial charge in [0, 0.05) is 31.9 Å². The first-order chi connectivity index (χ1) is 9.63. The van der Waals surface area contributed by atoms with Crippen molar-refractivity contribution in [3.63, 3.8) is 0 Å². The third-order valence-corrected chi connectivity index (χ3v) is 3.43. The fraction of sp³-hybridized carbons (Fsp3) is 0.294. The minimum atomic E-state index is 0.525. The van der Waals surface area contributed by atoms with Gasteiger partial charge >= 0.3 is 0 Å². The van der Waals surface area contributed by atoms with Gasteiger partial charge in [-0.3, -0.25) is 0 Å². The zero-order valence-electron chi connectivity index (χ0n) is 12.4. The molecule has 0 aliphatic heterocycles. The number of ether oxygens (including phenoxy) is 1. The normalized spacial score (nSPS) is 10.4. The molecule has 0 spiro atoms. The Morgan fingerprint density at radius 3 is 2.60 bits per heavy atom. The molecule has 0 fully saturated rings. The Bertz CT molecular complexity index is 581. The van der Waals surface area contributed by atoms with E-state index in [0.29, 0.717) is 6.54 Å². The summed E-state index contributed by atoms with van der Waals surface area (Å²) in [4.78, 5) is 2.21. The number of rotatable bonds is 5. The molecule has 0 aromatic heterocycles. The highest BCUT2D eigenvalue weighted by atomic mass is 16.5. The van der Waals surface area contributed by atoms with Crippen molar-refractivity contribution in [1.29, 1.82) is 0 Å². The minimum absolute atomic E-state index is 0.525. The van der Waals surface area contributed by atoms with Gasteiger partial charge in [-0.1, -0.05) is 35.9 Å². The van der Waals surface area contributed by atoms with Crippen LogP contribution in [-0.2, 0) is 13.1 Å². The molecule has 0 aliphatic rings. The maximum Gasteiger partial charge on any atom is 0.120 e. The lowest BCUT2D eigenvalue weighted by Gasteiger charge is -2.23. The third kappa shape index (κ3) is 3.31. The number of hydrogen-bond donors (Lipinski definition) is 1. The number of benzene rings is 2. The number of anilines is 1. The monoisotopic (exact) mass is 270 g/mol. The molecule has 0 saturated carbocycles. The van der Waals surface area contributed by atoms with Crippen LogP contribution in [0.25, 0.3) is 0 Å². The smallest absolute Gasteiger partial charge is 0.120 e. The van der Waals surface area contributed by atoms with Gasteiger partial charge in [0.1, 0.15) is 5.75 Å². The molecule has 0 saturated heterocycles. The highest BCUT2D eigenvalue weighted by molar-refractivity contribution is 5.57. The molecular formula is C17H22N2O. The molecule has 2 aromatic carbocycles. The average molecular weight is 270 g/mol. The highest BCUT2D eigenvalue weighted by Gasteiger charge is 2.09. The first-order valence-electron chi connectivity index (χ1n) is 6.77. The van der Waals surface area contributed by atoms with E-state index in [0.717, 1.165) is 23.5 Å². The molecule has 106 valence electrons. The Labute approximate surface area is 121 Å². The second-order valence-electron chi connectivity index (χ2n) is 5.04. The molecule has 2 rings (SSSR count). The van der Waals surface area contributed by atoms with Crippen molar-refractivity contribution in [2.24, 2.45) is 5.73 Å². The summed E-state index contributed by atoms with van der Waals surface area (Å²) in [6, 6.07) is 14.6. The summed E-state index contributed by atoms with van der Waals surface area (Å²) in [6.45, 7) is 3.49. The summed E-state index contributed by atoms with van der Waals surface area (Å²) < 4.78 is 5.31. The molecule has 0 atom stereocenters. The largest absolute Gasteiger partial charge is 0.497 e. The van der Waals surface area contributed by atoms with Crippen molar-refractivity contribution in [1.82, 2.24) is 0 Å². The number of methoxy groups -OCH3 is 1. The summed E-state index contributed by atoms with van der Waals surface area (Å²) in [5, 5.41) is 0. The Morgan fingerprint density at radius 1 is 1.15 bits per heavy atom. The quantitative estimate of drug-likeness (QED) is 0.907. The van der Waals surface area contributed by atoms with Crippen LogP contribution >= 0.6 is 0 Å². The lowest BCUT2D eigenvalue weighted by atomic mass is 10.1. The van der Waals surface area contributed by atoms with E-state index in [1.807, 2.05) is 18.2 Å². The molecule has 3 heteroatoms. The van der Waals surface area contributed by atoms with Crippen LogP contribution in [0, 0.1) is 6.92 Å². The molecule has 2 N–H and O–H groups in total. The van der Waals surface area contributed by atoms with E-state index in [2.05, 4.69) is 43.1 Å². The summed E-state index contributed by atoms with van der Waals surface area (Å²) >= 11 is 0. The van der Waals surface area contributed by atoms with Gasteiger partial charge in [0.05, 0.1) is 7.11 Å². The van der Waals surface area contributed by atoms with Crippen molar-refractivity contribution < 1.29 is 4.74 Å². The number of aryl methyl sites for hydroxylation is 1. The predicted molar refractivity (Wildman–Crippen MR) is 84.2 cm³/mol. The Morgan fingerprint density at radius 2 is 1.95 bits per heavy atom. The first kappa shape index (κ1) is 14.4. The molecule has 3 nitrogen and oxygen atoms in total. The van der Waals surface area contributed by atoms with Crippen molar-refractivity contribution in [3.05, 3.63) is 59.2 Å². The summed E-state index contributed by atoms with van der Waals surface area (Å²) in [5.41, 5.74) is 10.6. The maximum atomic E-state index is 5.83. The van der Waals surface area contributed by atoms with Crippen LogP contribution in [0.2, 0.25) is 0 Å². The van der Waals surface area contributed by atoms with Crippen LogP contribution in [0.5, 0.6) is 5.75 Å². The SMILES string of the molecule is COc1ccc(CN)c(N(C)Cc2cccc(C)c2)c1. The molecule has 0 bridgehead atoms. The standard InChI is InChI=1S/C17H22N2O/c1-13-5-4-6-14(9-13)12-19(2)17-10-16(20-3)8-7-15(17)11-18/h4-10H,11-12,18H2,1-3H3. The van der Waals surface area contributed by atoms with Gasteiger partial charge in [0.25, 0.3) is 0 Å². The van der Waals surface area contributed by atoms with Gasteiger partial charge in [-0.15, -0.1) is 0 Å². The van der Waals surface area contributed by atoms with E-state index in [9.17, 15) is 0 Å². The van der Waals surface area contributed by atoms with Crippen LogP contribution in [0.1, 0.15) is 16.7 Å². The summed E-state index contributed by atoms with van der Waals surface area (Å²) in [6.07, 6.45) is 0. The van der Waals surface area contributed by atoms with Crippen molar-refractivity contribution in [2.45, 2.75) is 20.0 Å². The third-order valence-electron chi connectivity index (χ3n) is 3.43. The average Bonchev–Trinajstić information content (AvgIpc) is 2.46. The van der Waals surface area contributed by atoms with Crippen LogP contribution in [-0.4, -0.2) is 14.2 Å². The first-order valence-corrected chi connectivity index (χ1v) is 6.77. The fourth-order valence-corrected chi connectivity index (χ4v) is 2.37. The summed E-state index contributed by atoms with van der Waals surface area (Å²) in [5.74, 6) is 0.855. The predicted octanol–water partition coefficient (Wildman–Crippen LogP) is 3.10. The van der Waals surface area contributed by atoms with Gasteiger partial charge in [0.2, 0.25) is 0 Å². The van der Waals surface area contributed by atoms with Crippen LogP contribution in [0.3, 0.4) is 0 Å². The molecule has 2 aromatic rings. The lowest BCUT2D eigenvalue weighted by Crippen LogP contribution is -2.19. The lowest BCUT2D eigenvalue weighted by molar-refractivity contribution is 0.414. The van der Waals surface area contributed by atoms with Crippen molar-refractivity contribution in [2.75, 3.05) is 19.1 Å². The summed E-state index contributed by atoms with van der Waals surface area (Å²) in [7, 11) is 3.76. The number of hydrogen-bond acceptors (Lipinski definition) is 3. The molecule has 0 aliphatic carbocycles. The van der Waals surface area contributed by atoms with Crippen molar-refractivity contribution in [3.8, 4) is 5.75 Å². The van der Waals surface area contributed by atoms with E-state index in [1.165, 1.54) is 11.1 Å². The van der Waals surface area contributed by atoms with Gasteiger partial charge in [-0.05, 0) is 24.1 Å².